The van der Waals surface area contributed by atoms with Gasteiger partial charge in [-0.2, -0.15) is 0 Å². The molecule has 23 heavy (non-hydrogen) atoms. The molecule has 4 rings (SSSR count). The highest BCUT2D eigenvalue weighted by Crippen LogP contribution is 2.39. The van der Waals surface area contributed by atoms with E-state index in [0.717, 1.165) is 35.9 Å². The summed E-state index contributed by atoms with van der Waals surface area (Å²) in [5.41, 5.74) is 0. The third-order valence-electron chi connectivity index (χ3n) is 5.78. The van der Waals surface area contributed by atoms with Gasteiger partial charge in [0.1, 0.15) is 5.82 Å². The molecule has 2 aliphatic carbocycles. The minimum Gasteiger partial charge on any atom is -0.342 e. The van der Waals surface area contributed by atoms with Crippen molar-refractivity contribution in [2.75, 3.05) is 18.8 Å². The number of nitrogens with zero attached hydrogens (tertiary/aromatic N) is 4. The number of aromatic nitrogens is 3. The molecule has 1 aliphatic heterocycles. The van der Waals surface area contributed by atoms with Crippen molar-refractivity contribution in [2.45, 2.75) is 56.0 Å². The predicted octanol–water partition coefficient (Wildman–Crippen LogP) is 2.82. The Bertz CT molecular complexity index is 583. The first-order valence-electron chi connectivity index (χ1n) is 9.02. The lowest BCUT2D eigenvalue weighted by Gasteiger charge is -2.41. The molecule has 3 aliphatic rings. The molecule has 1 saturated heterocycles. The molecule has 0 spiro atoms. The molecule has 1 aromatic heterocycles. The zero-order valence-electron chi connectivity index (χ0n) is 13.9. The quantitative estimate of drug-likeness (QED) is 0.795. The van der Waals surface area contributed by atoms with Crippen molar-refractivity contribution in [1.29, 1.82) is 0 Å². The minimum atomic E-state index is 0.273. The SMILES string of the molecule is Cn1c(SCC(=O)N2CCC3CCCCC3C2)nnc1C1CC1. The van der Waals surface area contributed by atoms with Crippen LogP contribution in [0.5, 0.6) is 0 Å². The fraction of sp³-hybridized carbons (Fsp3) is 0.824. The highest BCUT2D eigenvalue weighted by molar-refractivity contribution is 7.99. The maximum Gasteiger partial charge on any atom is 0.233 e. The summed E-state index contributed by atoms with van der Waals surface area (Å²) >= 11 is 1.54. The number of thioether (sulfide) groups is 1. The number of likely N-dealkylation sites (tertiary alicyclic amines) is 1. The van der Waals surface area contributed by atoms with E-state index in [9.17, 15) is 4.79 Å². The molecule has 0 radical (unpaired) electrons. The van der Waals surface area contributed by atoms with E-state index >= 15 is 0 Å². The number of amides is 1. The van der Waals surface area contributed by atoms with Gasteiger partial charge >= 0.3 is 0 Å². The number of rotatable bonds is 4. The predicted molar refractivity (Wildman–Crippen MR) is 90.3 cm³/mol. The van der Waals surface area contributed by atoms with Crippen LogP contribution in [0.2, 0.25) is 0 Å². The van der Waals surface area contributed by atoms with Crippen LogP contribution in [-0.4, -0.2) is 44.4 Å². The highest BCUT2D eigenvalue weighted by Gasteiger charge is 2.33. The van der Waals surface area contributed by atoms with Crippen molar-refractivity contribution < 1.29 is 4.79 Å². The summed E-state index contributed by atoms with van der Waals surface area (Å²) in [4.78, 5) is 14.7. The Kier molecular flexibility index (Phi) is 4.35. The molecule has 126 valence electrons. The van der Waals surface area contributed by atoms with Crippen LogP contribution in [0.15, 0.2) is 5.16 Å². The standard InChI is InChI=1S/C17H26N4OS/c1-20-16(13-6-7-13)18-19-17(20)23-11-15(22)21-9-8-12-4-2-3-5-14(12)10-21/h12-14H,2-11H2,1H3. The molecule has 6 heteroatoms. The number of carbonyl (C=O) groups is 1. The van der Waals surface area contributed by atoms with Gasteiger partial charge in [0.15, 0.2) is 5.16 Å². The normalized spacial score (nSPS) is 27.8. The summed E-state index contributed by atoms with van der Waals surface area (Å²) in [7, 11) is 2.02. The van der Waals surface area contributed by atoms with Gasteiger partial charge in [-0.15, -0.1) is 10.2 Å². The number of piperidine rings is 1. The fourth-order valence-corrected chi connectivity index (χ4v) is 5.01. The van der Waals surface area contributed by atoms with E-state index in [1.165, 1.54) is 44.9 Å². The van der Waals surface area contributed by atoms with E-state index in [4.69, 9.17) is 0 Å². The molecule has 1 aromatic rings. The summed E-state index contributed by atoms with van der Waals surface area (Å²) in [6.07, 6.45) is 9.09. The first-order valence-corrected chi connectivity index (χ1v) is 10.0. The van der Waals surface area contributed by atoms with Crippen molar-refractivity contribution in [3.63, 3.8) is 0 Å². The highest BCUT2D eigenvalue weighted by atomic mass is 32.2. The first kappa shape index (κ1) is 15.5. The number of hydrogen-bond acceptors (Lipinski definition) is 4. The molecule has 2 atom stereocenters. The average molecular weight is 334 g/mol. The van der Waals surface area contributed by atoms with E-state index < -0.39 is 0 Å². The zero-order valence-corrected chi connectivity index (χ0v) is 14.7. The van der Waals surface area contributed by atoms with Crippen LogP contribution >= 0.6 is 11.8 Å². The van der Waals surface area contributed by atoms with Gasteiger partial charge in [0.05, 0.1) is 5.75 Å². The van der Waals surface area contributed by atoms with E-state index in [-0.39, 0.29) is 5.91 Å². The van der Waals surface area contributed by atoms with Crippen molar-refractivity contribution >= 4 is 17.7 Å². The van der Waals surface area contributed by atoms with Crippen LogP contribution in [0.1, 0.15) is 56.7 Å². The number of fused-ring (bicyclic) bond motifs is 1. The summed E-state index contributed by atoms with van der Waals surface area (Å²) in [6.45, 7) is 1.93. The smallest absolute Gasteiger partial charge is 0.233 e. The second-order valence-corrected chi connectivity index (χ2v) is 8.34. The third-order valence-corrected chi connectivity index (χ3v) is 6.78. The van der Waals surface area contributed by atoms with Crippen LogP contribution in [0.25, 0.3) is 0 Å². The Balaban J connectivity index is 1.31. The molecule has 3 fully saturated rings. The molecule has 0 aromatic carbocycles. The first-order chi connectivity index (χ1) is 11.2. The van der Waals surface area contributed by atoms with Gasteiger partial charge < -0.3 is 9.47 Å². The molecule has 0 bridgehead atoms. The van der Waals surface area contributed by atoms with Crippen LogP contribution in [0.4, 0.5) is 0 Å². The van der Waals surface area contributed by atoms with Gasteiger partial charge in [0.25, 0.3) is 0 Å². The second kappa shape index (κ2) is 6.46. The Morgan fingerprint density at radius 2 is 1.91 bits per heavy atom. The topological polar surface area (TPSA) is 51.0 Å². The van der Waals surface area contributed by atoms with E-state index in [1.54, 1.807) is 11.8 Å². The Hall–Kier alpha value is -1.04. The summed E-state index contributed by atoms with van der Waals surface area (Å²) < 4.78 is 2.07. The van der Waals surface area contributed by atoms with Gasteiger partial charge in [-0.25, -0.2) is 0 Å². The van der Waals surface area contributed by atoms with Crippen molar-refractivity contribution in [2.24, 2.45) is 18.9 Å². The largest absolute Gasteiger partial charge is 0.342 e. The summed E-state index contributed by atoms with van der Waals surface area (Å²) in [5.74, 6) is 4.08. The maximum absolute atomic E-state index is 12.6. The van der Waals surface area contributed by atoms with Crippen molar-refractivity contribution in [3.05, 3.63) is 5.82 Å². The fourth-order valence-electron chi connectivity index (χ4n) is 4.19. The zero-order chi connectivity index (χ0) is 15.8. The second-order valence-electron chi connectivity index (χ2n) is 7.40. The van der Waals surface area contributed by atoms with Gasteiger partial charge in [-0.05, 0) is 37.5 Å². The third kappa shape index (κ3) is 3.28. The van der Waals surface area contributed by atoms with Crippen LogP contribution in [0, 0.1) is 11.8 Å². The molecule has 5 nitrogen and oxygen atoms in total. The van der Waals surface area contributed by atoms with E-state index in [0.29, 0.717) is 11.7 Å². The Morgan fingerprint density at radius 3 is 2.70 bits per heavy atom. The lowest BCUT2D eigenvalue weighted by atomic mass is 9.75. The van der Waals surface area contributed by atoms with Gasteiger partial charge in [-0.3, -0.25) is 4.79 Å². The molecule has 2 unspecified atom stereocenters. The minimum absolute atomic E-state index is 0.273. The maximum atomic E-state index is 12.6. The number of hydrogen-bond donors (Lipinski definition) is 0. The lowest BCUT2D eigenvalue weighted by Crippen LogP contribution is -2.45. The van der Waals surface area contributed by atoms with Crippen molar-refractivity contribution in [3.8, 4) is 0 Å². The van der Waals surface area contributed by atoms with Crippen LogP contribution < -0.4 is 0 Å². The van der Waals surface area contributed by atoms with Gasteiger partial charge in [0.2, 0.25) is 5.91 Å². The molecule has 0 N–H and O–H groups in total. The van der Waals surface area contributed by atoms with E-state index in [1.807, 2.05) is 7.05 Å². The summed E-state index contributed by atoms with van der Waals surface area (Å²) in [6, 6.07) is 0. The average Bonchev–Trinajstić information content (AvgIpc) is 3.36. The lowest BCUT2D eigenvalue weighted by molar-refractivity contribution is -0.131. The number of carbonyl (C=O) groups excluding carboxylic acids is 1. The Morgan fingerprint density at radius 1 is 1.13 bits per heavy atom. The van der Waals surface area contributed by atoms with Gasteiger partial charge in [-0.1, -0.05) is 31.0 Å². The van der Waals surface area contributed by atoms with Crippen LogP contribution in [0.3, 0.4) is 0 Å². The van der Waals surface area contributed by atoms with Gasteiger partial charge in [0, 0.05) is 26.1 Å². The van der Waals surface area contributed by atoms with E-state index in [2.05, 4.69) is 19.7 Å². The molecule has 2 heterocycles. The molecule has 2 saturated carbocycles. The molecule has 1 amide bonds. The molecular weight excluding hydrogens is 308 g/mol. The summed E-state index contributed by atoms with van der Waals surface area (Å²) in [5, 5.41) is 9.44. The monoisotopic (exact) mass is 334 g/mol. The Labute approximate surface area is 142 Å². The molecular formula is C17H26N4OS. The van der Waals surface area contributed by atoms with Crippen molar-refractivity contribution in [1.82, 2.24) is 19.7 Å². The van der Waals surface area contributed by atoms with Crippen LogP contribution in [-0.2, 0) is 11.8 Å².